The fourth-order valence-electron chi connectivity index (χ4n) is 3.12. The zero-order valence-electron chi connectivity index (χ0n) is 17.8. The number of nitrogens with one attached hydrogen (secondary N) is 2. The van der Waals surface area contributed by atoms with Crippen molar-refractivity contribution in [3.63, 3.8) is 0 Å². The molecule has 3 aromatic carbocycles. The largest absolute Gasteiger partial charge is 0.325 e. The summed E-state index contributed by atoms with van der Waals surface area (Å²) in [5, 5.41) is 16.6. The summed E-state index contributed by atoms with van der Waals surface area (Å²) in [5.41, 5.74) is 3.64. The van der Waals surface area contributed by atoms with E-state index in [0.717, 1.165) is 28.1 Å². The van der Waals surface area contributed by atoms with E-state index >= 15 is 0 Å². The van der Waals surface area contributed by atoms with Crippen LogP contribution in [-0.2, 0) is 11.2 Å². The molecular formula is C24H23N3O4S. The number of rotatable bonds is 8. The highest BCUT2D eigenvalue weighted by Crippen LogP contribution is 2.24. The minimum atomic E-state index is -0.541. The van der Waals surface area contributed by atoms with Gasteiger partial charge in [-0.15, -0.1) is 11.8 Å². The number of hydrogen-bond acceptors (Lipinski definition) is 5. The topological polar surface area (TPSA) is 101 Å². The number of nitrogens with zero attached hydrogens (tertiary/aromatic N) is 1. The summed E-state index contributed by atoms with van der Waals surface area (Å²) in [6, 6.07) is 18.6. The second-order valence-electron chi connectivity index (χ2n) is 7.09. The standard InChI is InChI=1S/C24H23N3O4S/c1-3-17-7-4-6-16(2)23(17)26-22(28)15-32-21-12-10-19(11-13-21)25-24(29)18-8-5-9-20(14-18)27(30)31/h4-14H,3,15H2,1-2H3,(H,25,29)(H,26,28). The normalized spacial score (nSPS) is 10.4. The summed E-state index contributed by atoms with van der Waals surface area (Å²) in [4.78, 5) is 36.0. The highest BCUT2D eigenvalue weighted by Gasteiger charge is 2.12. The molecular weight excluding hydrogens is 426 g/mol. The molecule has 0 radical (unpaired) electrons. The van der Waals surface area contributed by atoms with E-state index in [-0.39, 0.29) is 22.9 Å². The Morgan fingerprint density at radius 2 is 1.72 bits per heavy atom. The van der Waals surface area contributed by atoms with Crippen molar-refractivity contribution in [2.45, 2.75) is 25.2 Å². The molecule has 0 aromatic heterocycles. The maximum atomic E-state index is 12.4. The molecule has 0 fully saturated rings. The van der Waals surface area contributed by atoms with Crippen LogP contribution in [-0.4, -0.2) is 22.5 Å². The van der Waals surface area contributed by atoms with Crippen molar-refractivity contribution in [2.75, 3.05) is 16.4 Å². The Balaban J connectivity index is 1.56. The predicted octanol–water partition coefficient (Wildman–Crippen LogP) is 5.45. The second kappa shape index (κ2) is 10.6. The first-order valence-electron chi connectivity index (χ1n) is 10.0. The summed E-state index contributed by atoms with van der Waals surface area (Å²) in [6.07, 6.45) is 0.841. The van der Waals surface area contributed by atoms with Crippen molar-refractivity contribution in [1.29, 1.82) is 0 Å². The Kier molecular flexibility index (Phi) is 7.62. The Morgan fingerprint density at radius 1 is 1.00 bits per heavy atom. The summed E-state index contributed by atoms with van der Waals surface area (Å²) >= 11 is 1.40. The van der Waals surface area contributed by atoms with Crippen LogP contribution in [0.25, 0.3) is 0 Å². The smallest absolute Gasteiger partial charge is 0.270 e. The van der Waals surface area contributed by atoms with Crippen LogP contribution in [0.5, 0.6) is 0 Å². The molecule has 0 aliphatic heterocycles. The number of para-hydroxylation sites is 1. The molecule has 2 amide bonds. The number of aryl methyl sites for hydroxylation is 2. The summed E-state index contributed by atoms with van der Waals surface area (Å²) < 4.78 is 0. The Morgan fingerprint density at radius 3 is 2.41 bits per heavy atom. The molecule has 3 aromatic rings. The number of nitro groups is 1. The van der Waals surface area contributed by atoms with E-state index in [9.17, 15) is 19.7 Å². The number of carbonyl (C=O) groups is 2. The molecule has 3 rings (SSSR count). The molecule has 7 nitrogen and oxygen atoms in total. The minimum Gasteiger partial charge on any atom is -0.325 e. The van der Waals surface area contributed by atoms with E-state index in [1.807, 2.05) is 37.3 Å². The van der Waals surface area contributed by atoms with Gasteiger partial charge in [-0.05, 0) is 54.8 Å². The van der Waals surface area contributed by atoms with Gasteiger partial charge in [-0.1, -0.05) is 31.2 Å². The van der Waals surface area contributed by atoms with Gasteiger partial charge in [-0.25, -0.2) is 0 Å². The average molecular weight is 450 g/mol. The maximum Gasteiger partial charge on any atom is 0.270 e. The third-order valence-electron chi connectivity index (χ3n) is 4.81. The van der Waals surface area contributed by atoms with Crippen molar-refractivity contribution in [1.82, 2.24) is 0 Å². The monoisotopic (exact) mass is 449 g/mol. The minimum absolute atomic E-state index is 0.0814. The van der Waals surface area contributed by atoms with E-state index in [1.165, 1.54) is 36.0 Å². The average Bonchev–Trinajstić information content (AvgIpc) is 2.80. The number of benzene rings is 3. The lowest BCUT2D eigenvalue weighted by Gasteiger charge is -2.13. The fraction of sp³-hybridized carbons (Fsp3) is 0.167. The van der Waals surface area contributed by atoms with E-state index in [1.54, 1.807) is 12.1 Å². The van der Waals surface area contributed by atoms with E-state index in [2.05, 4.69) is 17.6 Å². The molecule has 0 heterocycles. The number of non-ortho nitro benzene ring substituents is 1. The molecule has 0 aliphatic carbocycles. The van der Waals surface area contributed by atoms with Crippen LogP contribution in [0.15, 0.2) is 71.6 Å². The van der Waals surface area contributed by atoms with Gasteiger partial charge in [0.1, 0.15) is 0 Å². The first kappa shape index (κ1) is 23.0. The highest BCUT2D eigenvalue weighted by molar-refractivity contribution is 8.00. The molecule has 0 saturated heterocycles. The van der Waals surface area contributed by atoms with Crippen LogP contribution in [0.4, 0.5) is 17.1 Å². The third-order valence-corrected chi connectivity index (χ3v) is 5.82. The van der Waals surface area contributed by atoms with Crippen LogP contribution in [0, 0.1) is 17.0 Å². The van der Waals surface area contributed by atoms with Gasteiger partial charge in [0.15, 0.2) is 0 Å². The number of hydrogen-bond donors (Lipinski definition) is 2. The maximum absolute atomic E-state index is 12.4. The van der Waals surface area contributed by atoms with Gasteiger partial charge >= 0.3 is 0 Å². The SMILES string of the molecule is CCc1cccc(C)c1NC(=O)CSc1ccc(NC(=O)c2cccc([N+](=O)[O-])c2)cc1. The Labute approximate surface area is 190 Å². The zero-order valence-corrected chi connectivity index (χ0v) is 18.6. The van der Waals surface area contributed by atoms with Crippen molar-refractivity contribution in [3.05, 3.63) is 93.5 Å². The van der Waals surface area contributed by atoms with Crippen LogP contribution >= 0.6 is 11.8 Å². The quantitative estimate of drug-likeness (QED) is 0.271. The van der Waals surface area contributed by atoms with E-state index < -0.39 is 10.8 Å². The van der Waals surface area contributed by atoms with E-state index in [4.69, 9.17) is 0 Å². The van der Waals surface area contributed by atoms with Gasteiger partial charge < -0.3 is 10.6 Å². The molecule has 164 valence electrons. The van der Waals surface area contributed by atoms with Crippen molar-refractivity contribution >= 4 is 40.6 Å². The third kappa shape index (κ3) is 5.95. The lowest BCUT2D eigenvalue weighted by Crippen LogP contribution is -2.16. The van der Waals surface area contributed by atoms with Gasteiger partial charge in [0.05, 0.1) is 10.7 Å². The number of nitro benzene ring substituents is 1. The molecule has 0 unspecified atom stereocenters. The van der Waals surface area contributed by atoms with Crippen LogP contribution in [0.3, 0.4) is 0 Å². The second-order valence-corrected chi connectivity index (χ2v) is 8.13. The van der Waals surface area contributed by atoms with Crippen molar-refractivity contribution < 1.29 is 14.5 Å². The molecule has 32 heavy (non-hydrogen) atoms. The zero-order chi connectivity index (χ0) is 23.1. The molecule has 0 atom stereocenters. The van der Waals surface area contributed by atoms with Crippen LogP contribution in [0.2, 0.25) is 0 Å². The van der Waals surface area contributed by atoms with Gasteiger partial charge in [0, 0.05) is 34.0 Å². The molecule has 0 bridgehead atoms. The lowest BCUT2D eigenvalue weighted by atomic mass is 10.1. The molecule has 0 aliphatic rings. The van der Waals surface area contributed by atoms with Gasteiger partial charge in [-0.2, -0.15) is 0 Å². The van der Waals surface area contributed by atoms with Crippen molar-refractivity contribution in [3.8, 4) is 0 Å². The lowest BCUT2D eigenvalue weighted by molar-refractivity contribution is -0.384. The van der Waals surface area contributed by atoms with Gasteiger partial charge in [0.2, 0.25) is 5.91 Å². The molecule has 8 heteroatoms. The number of thioether (sulfide) groups is 1. The Hall–Kier alpha value is -3.65. The molecule has 2 N–H and O–H groups in total. The number of amides is 2. The van der Waals surface area contributed by atoms with Crippen LogP contribution in [0.1, 0.15) is 28.4 Å². The summed E-state index contributed by atoms with van der Waals surface area (Å²) in [7, 11) is 0. The first-order valence-corrected chi connectivity index (χ1v) is 11.0. The fourth-order valence-corrected chi connectivity index (χ4v) is 3.82. The van der Waals surface area contributed by atoms with Gasteiger partial charge in [-0.3, -0.25) is 19.7 Å². The van der Waals surface area contributed by atoms with Crippen LogP contribution < -0.4 is 10.6 Å². The van der Waals surface area contributed by atoms with Crippen molar-refractivity contribution in [2.24, 2.45) is 0 Å². The number of anilines is 2. The molecule has 0 spiro atoms. The number of carbonyl (C=O) groups excluding carboxylic acids is 2. The summed E-state index contributed by atoms with van der Waals surface area (Å²) in [5.74, 6) is -0.253. The molecule has 0 saturated carbocycles. The highest BCUT2D eigenvalue weighted by atomic mass is 32.2. The Bertz CT molecular complexity index is 1150. The first-order chi connectivity index (χ1) is 15.4. The summed E-state index contributed by atoms with van der Waals surface area (Å²) in [6.45, 7) is 4.03. The van der Waals surface area contributed by atoms with E-state index in [0.29, 0.717) is 5.69 Å². The van der Waals surface area contributed by atoms with Gasteiger partial charge in [0.25, 0.3) is 11.6 Å². The predicted molar refractivity (Wildman–Crippen MR) is 127 cm³/mol.